The minimum atomic E-state index is 0.710. The fraction of sp³-hybridized carbons (Fsp3) is 0.647. The van der Waals surface area contributed by atoms with Crippen molar-refractivity contribution in [2.45, 2.75) is 32.1 Å². The Hall–Kier alpha value is -1.42. The number of anilines is 2. The maximum atomic E-state index is 6.11. The van der Waals surface area contributed by atoms with Crippen molar-refractivity contribution in [1.29, 1.82) is 0 Å². The summed E-state index contributed by atoms with van der Waals surface area (Å²) in [5.41, 5.74) is 9.65. The lowest BCUT2D eigenvalue weighted by Crippen LogP contribution is -2.46. The summed E-state index contributed by atoms with van der Waals surface area (Å²) >= 11 is 0. The van der Waals surface area contributed by atoms with E-state index in [2.05, 4.69) is 28.9 Å². The van der Waals surface area contributed by atoms with Crippen LogP contribution in [0.25, 0.3) is 0 Å². The number of hydrogen-bond acceptors (Lipinski definition) is 4. The number of nitrogen functional groups attached to an aromatic ring is 1. The van der Waals surface area contributed by atoms with Gasteiger partial charge in [-0.2, -0.15) is 0 Å². The van der Waals surface area contributed by atoms with E-state index >= 15 is 0 Å². The van der Waals surface area contributed by atoms with E-state index in [1.807, 2.05) is 0 Å². The van der Waals surface area contributed by atoms with Gasteiger partial charge in [0.05, 0.1) is 12.8 Å². The molecule has 1 heterocycles. The summed E-state index contributed by atoms with van der Waals surface area (Å²) in [6.07, 6.45) is 3.84. The van der Waals surface area contributed by atoms with E-state index in [4.69, 9.17) is 10.5 Å². The number of nitrogens with zero attached hydrogens (tertiary/aromatic N) is 2. The van der Waals surface area contributed by atoms with E-state index < -0.39 is 0 Å². The number of rotatable bonds is 5. The van der Waals surface area contributed by atoms with Gasteiger partial charge in [0.1, 0.15) is 5.75 Å². The van der Waals surface area contributed by atoms with Crippen LogP contribution in [0.1, 0.15) is 37.7 Å². The number of hydrogen-bond donors (Lipinski definition) is 1. The van der Waals surface area contributed by atoms with Crippen molar-refractivity contribution >= 4 is 11.4 Å². The zero-order valence-electron chi connectivity index (χ0n) is 13.3. The van der Waals surface area contributed by atoms with Gasteiger partial charge >= 0.3 is 0 Å². The van der Waals surface area contributed by atoms with E-state index in [0.717, 1.165) is 37.6 Å². The number of ether oxygens (including phenoxy) is 1. The third kappa shape index (κ3) is 3.10. The molecule has 4 heteroatoms. The highest BCUT2D eigenvalue weighted by molar-refractivity contribution is 5.68. The summed E-state index contributed by atoms with van der Waals surface area (Å²) in [7, 11) is 1.70. The van der Waals surface area contributed by atoms with Gasteiger partial charge in [-0.1, -0.05) is 6.92 Å². The molecule has 0 atom stereocenters. The first-order chi connectivity index (χ1) is 10.2. The van der Waals surface area contributed by atoms with Crippen LogP contribution in [0.3, 0.4) is 0 Å². The molecule has 1 saturated carbocycles. The van der Waals surface area contributed by atoms with E-state index in [1.165, 1.54) is 37.1 Å². The van der Waals surface area contributed by atoms with Crippen molar-refractivity contribution in [2.75, 3.05) is 50.5 Å². The Bertz CT molecular complexity index is 491. The molecule has 2 N–H and O–H groups in total. The van der Waals surface area contributed by atoms with Crippen LogP contribution in [-0.4, -0.2) is 44.7 Å². The maximum Gasteiger partial charge on any atom is 0.143 e. The fourth-order valence-electron chi connectivity index (χ4n) is 3.30. The molecule has 1 aromatic rings. The zero-order valence-corrected chi connectivity index (χ0v) is 13.3. The molecule has 0 aromatic heterocycles. The molecule has 21 heavy (non-hydrogen) atoms. The van der Waals surface area contributed by atoms with Crippen molar-refractivity contribution < 1.29 is 4.74 Å². The van der Waals surface area contributed by atoms with Crippen LogP contribution in [0.15, 0.2) is 12.1 Å². The normalized spacial score (nSPS) is 19.8. The minimum absolute atomic E-state index is 0.710. The Morgan fingerprint density at radius 2 is 1.90 bits per heavy atom. The highest BCUT2D eigenvalue weighted by Gasteiger charge is 2.30. The van der Waals surface area contributed by atoms with Crippen molar-refractivity contribution in [2.24, 2.45) is 0 Å². The Kier molecular flexibility index (Phi) is 4.24. The van der Waals surface area contributed by atoms with Crippen molar-refractivity contribution in [1.82, 2.24) is 4.90 Å². The minimum Gasteiger partial charge on any atom is -0.495 e. The molecular formula is C17H27N3O. The number of piperazine rings is 1. The molecular weight excluding hydrogens is 262 g/mol. The summed E-state index contributed by atoms with van der Waals surface area (Å²) in [6, 6.07) is 4.29. The second-order valence-electron chi connectivity index (χ2n) is 6.26. The summed E-state index contributed by atoms with van der Waals surface area (Å²) in [5.74, 6) is 1.52. The topological polar surface area (TPSA) is 41.7 Å². The fourth-order valence-corrected chi connectivity index (χ4v) is 3.30. The monoisotopic (exact) mass is 289 g/mol. The molecule has 1 aliphatic heterocycles. The average Bonchev–Trinajstić information content (AvgIpc) is 3.33. The standard InChI is InChI=1S/C17H27N3O/c1-3-6-19-7-9-20(10-8-19)16-12-17(21-2)15(18)11-14(16)13-4-5-13/h11-13H,3-10,18H2,1-2H3. The lowest BCUT2D eigenvalue weighted by atomic mass is 10.0. The summed E-state index contributed by atoms with van der Waals surface area (Å²) in [4.78, 5) is 5.07. The summed E-state index contributed by atoms with van der Waals surface area (Å²) in [6.45, 7) is 7.99. The quantitative estimate of drug-likeness (QED) is 0.846. The van der Waals surface area contributed by atoms with Gasteiger partial charge in [0.25, 0.3) is 0 Å². The van der Waals surface area contributed by atoms with E-state index in [1.54, 1.807) is 7.11 Å². The molecule has 1 aromatic carbocycles. The number of benzene rings is 1. The third-order valence-corrected chi connectivity index (χ3v) is 4.65. The SMILES string of the molecule is CCCN1CCN(c2cc(OC)c(N)cc2C2CC2)CC1. The van der Waals surface area contributed by atoms with Gasteiger partial charge in [-0.3, -0.25) is 4.90 Å². The predicted octanol–water partition coefficient (Wildman–Crippen LogP) is 2.69. The molecule has 0 radical (unpaired) electrons. The van der Waals surface area contributed by atoms with Crippen LogP contribution in [0, 0.1) is 0 Å². The molecule has 0 bridgehead atoms. The van der Waals surface area contributed by atoms with Gasteiger partial charge in [0.2, 0.25) is 0 Å². The largest absolute Gasteiger partial charge is 0.495 e. The maximum absolute atomic E-state index is 6.11. The lowest BCUT2D eigenvalue weighted by molar-refractivity contribution is 0.258. The second-order valence-corrected chi connectivity index (χ2v) is 6.26. The Morgan fingerprint density at radius 1 is 1.19 bits per heavy atom. The van der Waals surface area contributed by atoms with Crippen LogP contribution in [-0.2, 0) is 0 Å². The lowest BCUT2D eigenvalue weighted by Gasteiger charge is -2.37. The first-order valence-corrected chi connectivity index (χ1v) is 8.17. The van der Waals surface area contributed by atoms with Gasteiger partial charge in [-0.05, 0) is 43.4 Å². The predicted molar refractivity (Wildman–Crippen MR) is 88.3 cm³/mol. The van der Waals surface area contributed by atoms with Gasteiger partial charge in [0, 0.05) is 37.9 Å². The molecule has 2 fully saturated rings. The molecule has 1 saturated heterocycles. The first kappa shape index (κ1) is 14.5. The van der Waals surface area contributed by atoms with E-state index in [0.29, 0.717) is 5.92 Å². The molecule has 116 valence electrons. The second kappa shape index (κ2) is 6.14. The van der Waals surface area contributed by atoms with Crippen molar-refractivity contribution in [3.8, 4) is 5.75 Å². The van der Waals surface area contributed by atoms with E-state index in [-0.39, 0.29) is 0 Å². The molecule has 1 aliphatic carbocycles. The van der Waals surface area contributed by atoms with Crippen LogP contribution in [0.5, 0.6) is 5.75 Å². The number of nitrogens with two attached hydrogens (primary N) is 1. The Morgan fingerprint density at radius 3 is 2.48 bits per heavy atom. The molecule has 2 aliphatic rings. The van der Waals surface area contributed by atoms with Crippen molar-refractivity contribution in [3.05, 3.63) is 17.7 Å². The molecule has 0 unspecified atom stereocenters. The summed E-state index contributed by atoms with van der Waals surface area (Å²) in [5, 5.41) is 0. The Balaban J connectivity index is 1.80. The van der Waals surface area contributed by atoms with Crippen LogP contribution >= 0.6 is 0 Å². The third-order valence-electron chi connectivity index (χ3n) is 4.65. The zero-order chi connectivity index (χ0) is 14.8. The first-order valence-electron chi connectivity index (χ1n) is 8.17. The van der Waals surface area contributed by atoms with Crippen LogP contribution in [0.2, 0.25) is 0 Å². The molecule has 3 rings (SSSR count). The van der Waals surface area contributed by atoms with Crippen LogP contribution < -0.4 is 15.4 Å². The number of methoxy groups -OCH3 is 1. The Labute approximate surface area is 127 Å². The average molecular weight is 289 g/mol. The van der Waals surface area contributed by atoms with Gasteiger partial charge in [-0.15, -0.1) is 0 Å². The van der Waals surface area contributed by atoms with Gasteiger partial charge < -0.3 is 15.4 Å². The molecule has 0 amide bonds. The van der Waals surface area contributed by atoms with Gasteiger partial charge in [0.15, 0.2) is 0 Å². The van der Waals surface area contributed by atoms with Gasteiger partial charge in [-0.25, -0.2) is 0 Å². The van der Waals surface area contributed by atoms with Crippen molar-refractivity contribution in [3.63, 3.8) is 0 Å². The highest BCUT2D eigenvalue weighted by atomic mass is 16.5. The molecule has 4 nitrogen and oxygen atoms in total. The smallest absolute Gasteiger partial charge is 0.143 e. The van der Waals surface area contributed by atoms with Crippen LogP contribution in [0.4, 0.5) is 11.4 Å². The highest BCUT2D eigenvalue weighted by Crippen LogP contribution is 2.47. The van der Waals surface area contributed by atoms with E-state index in [9.17, 15) is 0 Å². The molecule has 0 spiro atoms. The summed E-state index contributed by atoms with van der Waals surface area (Å²) < 4.78 is 5.43.